The standard InChI is InChI=1S/C28H28Br6O8/c29-19-15-23(27(33,17-21(19)31)39-13-9-5-1-3-7-11-35)41-25(37)26(38)42-24-16-20(30)22(32)18-28(24,34)40-14-10-6-2-4-8-12-36/h7-8,15-18,23-24H,1-6,9-10,13-14H2. The fourth-order valence-corrected chi connectivity index (χ4v) is 7.23. The molecule has 0 saturated heterocycles. The molecule has 14 heteroatoms. The molecule has 4 unspecified atom stereocenters. The van der Waals surface area contributed by atoms with E-state index >= 15 is 0 Å². The van der Waals surface area contributed by atoms with Crippen LogP contribution in [-0.2, 0) is 38.1 Å². The molecule has 2 aliphatic carbocycles. The third kappa shape index (κ3) is 12.2. The topological polar surface area (TPSA) is 105 Å². The van der Waals surface area contributed by atoms with E-state index in [-0.39, 0.29) is 0 Å². The Hall–Kier alpha value is -0.400. The van der Waals surface area contributed by atoms with Gasteiger partial charge in [-0.15, -0.1) is 0 Å². The van der Waals surface area contributed by atoms with Crippen molar-refractivity contribution < 1.29 is 38.1 Å². The lowest BCUT2D eigenvalue weighted by Gasteiger charge is -2.35. The Labute approximate surface area is 295 Å². The van der Waals surface area contributed by atoms with E-state index in [0.29, 0.717) is 56.8 Å². The van der Waals surface area contributed by atoms with Gasteiger partial charge in [0.15, 0.2) is 21.2 Å². The number of hydrogen-bond acceptors (Lipinski definition) is 8. The lowest BCUT2D eigenvalue weighted by Crippen LogP contribution is -2.45. The Morgan fingerprint density at radius 1 is 0.667 bits per heavy atom. The second-order valence-electron chi connectivity index (χ2n) is 9.10. The summed E-state index contributed by atoms with van der Waals surface area (Å²) in [4.78, 5) is 46.5. The van der Waals surface area contributed by atoms with E-state index < -0.39 is 33.2 Å². The van der Waals surface area contributed by atoms with Crippen molar-refractivity contribution in [3.8, 4) is 0 Å². The van der Waals surface area contributed by atoms with Gasteiger partial charge >= 0.3 is 11.9 Å². The summed E-state index contributed by atoms with van der Waals surface area (Å²) in [7, 11) is 0. The van der Waals surface area contributed by atoms with Crippen LogP contribution in [0.3, 0.4) is 0 Å². The normalized spacial score (nSPS) is 25.1. The van der Waals surface area contributed by atoms with Crippen molar-refractivity contribution in [1.82, 2.24) is 0 Å². The second-order valence-corrected chi connectivity index (χ2v) is 15.0. The number of unbranched alkanes of at least 4 members (excludes halogenated alkanes) is 6. The van der Waals surface area contributed by atoms with Crippen LogP contribution in [0.1, 0.15) is 51.4 Å². The highest BCUT2D eigenvalue weighted by Crippen LogP contribution is 2.42. The van der Waals surface area contributed by atoms with E-state index in [2.05, 4.69) is 95.6 Å². The van der Waals surface area contributed by atoms with Crippen LogP contribution in [0.25, 0.3) is 0 Å². The summed E-state index contributed by atoms with van der Waals surface area (Å²) in [5.74, 6) is 1.08. The Bertz CT molecular complexity index is 1110. The molecule has 0 fully saturated rings. The highest BCUT2D eigenvalue weighted by atomic mass is 79.9. The number of carbonyl (C=O) groups is 2. The molecule has 0 aromatic rings. The zero-order chi connectivity index (χ0) is 31.2. The number of rotatable bonds is 16. The van der Waals surface area contributed by atoms with Crippen molar-refractivity contribution in [3.63, 3.8) is 0 Å². The zero-order valence-corrected chi connectivity index (χ0v) is 31.7. The first-order valence-electron chi connectivity index (χ1n) is 12.9. The Morgan fingerprint density at radius 3 is 1.40 bits per heavy atom. The molecule has 0 radical (unpaired) electrons. The highest BCUT2D eigenvalue weighted by Gasteiger charge is 2.44. The number of halogens is 6. The number of alkyl halides is 2. The summed E-state index contributed by atoms with van der Waals surface area (Å²) in [5.41, 5.74) is 0. The van der Waals surface area contributed by atoms with Gasteiger partial charge in [0.2, 0.25) is 0 Å². The number of ether oxygens (including phenoxy) is 4. The smallest absolute Gasteiger partial charge is 0.418 e. The molecule has 0 saturated carbocycles. The van der Waals surface area contributed by atoms with Crippen LogP contribution in [0.15, 0.2) is 54.4 Å². The monoisotopic (exact) mass is 966 g/mol. The SMILES string of the molecule is O=C=CCCCCCOC1(Br)C=C(Br)C(Br)=CC1OC(=O)C(=O)OC1C=C(Br)C(Br)=CC1(Br)OCCCCCC=C=O. The predicted molar refractivity (Wildman–Crippen MR) is 180 cm³/mol. The minimum Gasteiger partial charge on any atom is -0.445 e. The van der Waals surface area contributed by atoms with Crippen LogP contribution in [0.4, 0.5) is 0 Å². The molecule has 0 heterocycles. The van der Waals surface area contributed by atoms with Crippen LogP contribution < -0.4 is 0 Å². The maximum absolute atomic E-state index is 13.0. The van der Waals surface area contributed by atoms with Crippen LogP contribution >= 0.6 is 95.6 Å². The van der Waals surface area contributed by atoms with Gasteiger partial charge in [0, 0.05) is 31.1 Å². The van der Waals surface area contributed by atoms with Gasteiger partial charge < -0.3 is 18.9 Å². The van der Waals surface area contributed by atoms with Crippen LogP contribution in [0, 0.1) is 0 Å². The van der Waals surface area contributed by atoms with Crippen molar-refractivity contribution in [2.24, 2.45) is 0 Å². The first kappa shape index (κ1) is 37.8. The maximum atomic E-state index is 13.0. The molecule has 230 valence electrons. The summed E-state index contributed by atoms with van der Waals surface area (Å²) in [6.07, 6.45) is 13.4. The van der Waals surface area contributed by atoms with Crippen LogP contribution in [0.2, 0.25) is 0 Å². The van der Waals surface area contributed by atoms with Crippen molar-refractivity contribution in [2.45, 2.75) is 72.6 Å². The Morgan fingerprint density at radius 2 is 1.05 bits per heavy atom. The van der Waals surface area contributed by atoms with Gasteiger partial charge in [-0.25, -0.2) is 19.2 Å². The molecule has 0 bridgehead atoms. The number of allylic oxidation sites excluding steroid dienone is 6. The van der Waals surface area contributed by atoms with Gasteiger partial charge in [0.25, 0.3) is 0 Å². The fraction of sp³-hybridized carbons (Fsp3) is 0.500. The van der Waals surface area contributed by atoms with Gasteiger partial charge in [-0.3, -0.25) is 0 Å². The lowest BCUT2D eigenvalue weighted by atomic mass is 10.1. The minimum absolute atomic E-state index is 0.329. The molecule has 0 aliphatic heterocycles. The molecule has 0 aromatic carbocycles. The number of esters is 2. The van der Waals surface area contributed by atoms with E-state index in [1.165, 1.54) is 12.2 Å². The van der Waals surface area contributed by atoms with Crippen molar-refractivity contribution in [3.05, 3.63) is 54.4 Å². The lowest BCUT2D eigenvalue weighted by molar-refractivity contribution is -0.178. The highest BCUT2D eigenvalue weighted by molar-refractivity contribution is 9.15. The molecule has 0 aromatic heterocycles. The third-order valence-corrected chi connectivity index (χ3v) is 11.5. The molecule has 8 nitrogen and oxygen atoms in total. The van der Waals surface area contributed by atoms with E-state index in [0.717, 1.165) is 25.7 Å². The molecule has 0 spiro atoms. The van der Waals surface area contributed by atoms with E-state index in [1.54, 1.807) is 36.2 Å². The zero-order valence-electron chi connectivity index (χ0n) is 22.2. The van der Waals surface area contributed by atoms with Gasteiger partial charge in [-0.05, 0) is 171 Å². The van der Waals surface area contributed by atoms with Crippen LogP contribution in [-0.4, -0.2) is 58.3 Å². The number of carbonyl (C=O) groups excluding carboxylic acids is 4. The summed E-state index contributed by atoms with van der Waals surface area (Å²) < 4.78 is 23.2. The van der Waals surface area contributed by atoms with E-state index in [9.17, 15) is 19.2 Å². The average molecular weight is 972 g/mol. The van der Waals surface area contributed by atoms with Crippen molar-refractivity contribution in [1.29, 1.82) is 0 Å². The van der Waals surface area contributed by atoms with Gasteiger partial charge in [0.1, 0.15) is 11.9 Å². The number of hydrogen-bond donors (Lipinski definition) is 0. The first-order valence-corrected chi connectivity index (χ1v) is 17.7. The third-order valence-electron chi connectivity index (χ3n) is 5.91. The maximum Gasteiger partial charge on any atom is 0.418 e. The molecular weight excluding hydrogens is 944 g/mol. The summed E-state index contributed by atoms with van der Waals surface area (Å²) in [6, 6.07) is 0. The minimum atomic E-state index is -1.24. The predicted octanol–water partition coefficient (Wildman–Crippen LogP) is 8.06. The Balaban J connectivity index is 2.03. The van der Waals surface area contributed by atoms with E-state index in [1.807, 2.05) is 0 Å². The molecule has 2 aliphatic rings. The molecule has 0 amide bonds. The Kier molecular flexibility index (Phi) is 17.3. The molecule has 2 rings (SSSR count). The quantitative estimate of drug-likeness (QED) is 0.0504. The first-order chi connectivity index (χ1) is 20.0. The second kappa shape index (κ2) is 19.2. The van der Waals surface area contributed by atoms with Gasteiger partial charge in [0.05, 0.1) is 0 Å². The van der Waals surface area contributed by atoms with Gasteiger partial charge in [-0.2, -0.15) is 0 Å². The van der Waals surface area contributed by atoms with Crippen LogP contribution in [0.5, 0.6) is 0 Å². The largest absolute Gasteiger partial charge is 0.445 e. The molecule has 0 N–H and O–H groups in total. The summed E-state index contributed by atoms with van der Waals surface area (Å²) >= 11 is 20.8. The average Bonchev–Trinajstić information content (AvgIpc) is 2.93. The molecule has 42 heavy (non-hydrogen) atoms. The van der Waals surface area contributed by atoms with Crippen molar-refractivity contribution in [2.75, 3.05) is 13.2 Å². The summed E-state index contributed by atoms with van der Waals surface area (Å²) in [5, 5.41) is 0. The molecule has 4 atom stereocenters. The summed E-state index contributed by atoms with van der Waals surface area (Å²) in [6.45, 7) is 0.659. The van der Waals surface area contributed by atoms with Gasteiger partial charge in [-0.1, -0.05) is 12.8 Å². The fourth-order valence-electron chi connectivity index (χ4n) is 3.73. The van der Waals surface area contributed by atoms with Crippen molar-refractivity contribution >= 4 is 119 Å². The molecular formula is C28H28Br6O8. The van der Waals surface area contributed by atoms with E-state index in [4.69, 9.17) is 18.9 Å².